The maximum atomic E-state index is 11.8. The van der Waals surface area contributed by atoms with Crippen molar-refractivity contribution in [1.29, 1.82) is 0 Å². The minimum absolute atomic E-state index is 0.00637. The van der Waals surface area contributed by atoms with Crippen molar-refractivity contribution in [1.82, 2.24) is 4.98 Å². The first-order valence-corrected chi connectivity index (χ1v) is 8.42. The maximum absolute atomic E-state index is 11.8. The highest BCUT2D eigenvalue weighted by Crippen LogP contribution is 2.26. The SMILES string of the molecule is CC(CCl)CS(=O)(=O)Nc1nc2ccccc2s1. The minimum atomic E-state index is -3.38. The Kier molecular flexibility index (Phi) is 4.09. The van der Waals surface area contributed by atoms with Gasteiger partial charge < -0.3 is 0 Å². The third-order valence-electron chi connectivity index (χ3n) is 2.30. The molecule has 0 bridgehead atoms. The van der Waals surface area contributed by atoms with Gasteiger partial charge in [-0.1, -0.05) is 30.4 Å². The Bertz CT molecular complexity index is 606. The number of anilines is 1. The van der Waals surface area contributed by atoms with Gasteiger partial charge >= 0.3 is 0 Å². The number of rotatable bonds is 5. The van der Waals surface area contributed by atoms with Crippen molar-refractivity contribution in [2.45, 2.75) is 6.92 Å². The monoisotopic (exact) mass is 304 g/mol. The van der Waals surface area contributed by atoms with Gasteiger partial charge in [0, 0.05) is 5.88 Å². The Morgan fingerprint density at radius 3 is 2.83 bits per heavy atom. The van der Waals surface area contributed by atoms with Crippen LogP contribution in [0.15, 0.2) is 24.3 Å². The number of fused-ring (bicyclic) bond motifs is 1. The fourth-order valence-electron chi connectivity index (χ4n) is 1.51. The highest BCUT2D eigenvalue weighted by Gasteiger charge is 2.17. The van der Waals surface area contributed by atoms with E-state index in [1.807, 2.05) is 24.3 Å². The quantitative estimate of drug-likeness (QED) is 0.864. The number of nitrogens with one attached hydrogen (secondary N) is 1. The van der Waals surface area contributed by atoms with Gasteiger partial charge in [0.2, 0.25) is 10.0 Å². The van der Waals surface area contributed by atoms with Gasteiger partial charge in [-0.3, -0.25) is 4.72 Å². The summed E-state index contributed by atoms with van der Waals surface area (Å²) in [6, 6.07) is 7.53. The molecule has 0 spiro atoms. The second-order valence-corrected chi connectivity index (χ2v) is 7.24. The minimum Gasteiger partial charge on any atom is -0.259 e. The summed E-state index contributed by atoms with van der Waals surface area (Å²) in [7, 11) is -3.38. The zero-order valence-electron chi connectivity index (χ0n) is 9.76. The molecule has 0 aliphatic carbocycles. The summed E-state index contributed by atoms with van der Waals surface area (Å²) < 4.78 is 27.1. The van der Waals surface area contributed by atoms with E-state index in [1.165, 1.54) is 11.3 Å². The normalized spacial score (nSPS) is 13.7. The Balaban J connectivity index is 2.18. The summed E-state index contributed by atoms with van der Waals surface area (Å²) in [6.45, 7) is 1.80. The van der Waals surface area contributed by atoms with Crippen molar-refractivity contribution < 1.29 is 8.42 Å². The predicted octanol–water partition coefficient (Wildman–Crippen LogP) is 2.91. The van der Waals surface area contributed by atoms with E-state index < -0.39 is 10.0 Å². The van der Waals surface area contributed by atoms with Gasteiger partial charge in [-0.05, 0) is 18.1 Å². The predicted molar refractivity (Wildman–Crippen MR) is 76.9 cm³/mol. The van der Waals surface area contributed by atoms with Crippen LogP contribution < -0.4 is 4.72 Å². The Labute approximate surface area is 115 Å². The molecule has 1 aromatic heterocycles. The van der Waals surface area contributed by atoms with Gasteiger partial charge in [0.1, 0.15) is 0 Å². The lowest BCUT2D eigenvalue weighted by Gasteiger charge is -2.08. The molecule has 18 heavy (non-hydrogen) atoms. The van der Waals surface area contributed by atoms with Crippen molar-refractivity contribution in [3.8, 4) is 0 Å². The second-order valence-electron chi connectivity index (χ2n) is 4.13. The van der Waals surface area contributed by atoms with Crippen molar-refractivity contribution in [2.75, 3.05) is 16.4 Å². The van der Waals surface area contributed by atoms with Crippen LogP contribution in [0, 0.1) is 5.92 Å². The Morgan fingerprint density at radius 2 is 2.17 bits per heavy atom. The number of nitrogens with zero attached hydrogens (tertiary/aromatic N) is 1. The maximum Gasteiger partial charge on any atom is 0.234 e. The van der Waals surface area contributed by atoms with Crippen LogP contribution in [-0.4, -0.2) is 25.0 Å². The molecule has 0 aliphatic heterocycles. The average Bonchev–Trinajstić information content (AvgIpc) is 2.68. The number of aromatic nitrogens is 1. The smallest absolute Gasteiger partial charge is 0.234 e. The third kappa shape index (κ3) is 3.34. The van der Waals surface area contributed by atoms with E-state index in [0.717, 1.165) is 10.2 Å². The standard InChI is InChI=1S/C11H13ClN2O2S2/c1-8(6-12)7-18(15,16)14-11-13-9-4-2-3-5-10(9)17-11/h2-5,8H,6-7H2,1H3,(H,13,14). The van der Waals surface area contributed by atoms with Crippen LogP contribution in [-0.2, 0) is 10.0 Å². The molecule has 0 aliphatic rings. The molecule has 7 heteroatoms. The molecule has 1 heterocycles. The lowest BCUT2D eigenvalue weighted by Crippen LogP contribution is -2.21. The molecule has 1 atom stereocenters. The molecule has 0 saturated heterocycles. The van der Waals surface area contributed by atoms with Crippen LogP contribution in [0.3, 0.4) is 0 Å². The lowest BCUT2D eigenvalue weighted by atomic mass is 10.3. The number of halogens is 1. The molecule has 0 amide bonds. The van der Waals surface area contributed by atoms with Gasteiger partial charge in [0.05, 0.1) is 16.0 Å². The number of hydrogen-bond acceptors (Lipinski definition) is 4. The van der Waals surface area contributed by atoms with Crippen molar-refractivity contribution in [3.05, 3.63) is 24.3 Å². The molecule has 2 aromatic rings. The molecule has 2 rings (SSSR count). The van der Waals surface area contributed by atoms with E-state index in [-0.39, 0.29) is 11.7 Å². The lowest BCUT2D eigenvalue weighted by molar-refractivity contribution is 0.588. The van der Waals surface area contributed by atoms with E-state index >= 15 is 0 Å². The summed E-state index contributed by atoms with van der Waals surface area (Å²) in [5.41, 5.74) is 0.797. The molecule has 98 valence electrons. The van der Waals surface area contributed by atoms with E-state index in [1.54, 1.807) is 6.92 Å². The first kappa shape index (κ1) is 13.6. The van der Waals surface area contributed by atoms with Crippen LogP contribution in [0.2, 0.25) is 0 Å². The van der Waals surface area contributed by atoms with E-state index in [0.29, 0.717) is 11.0 Å². The summed E-state index contributed by atoms with van der Waals surface area (Å²) in [6.07, 6.45) is 0. The molecule has 0 fully saturated rings. The Hall–Kier alpha value is -0.850. The van der Waals surface area contributed by atoms with Crippen molar-refractivity contribution >= 4 is 48.3 Å². The average molecular weight is 305 g/mol. The molecule has 4 nitrogen and oxygen atoms in total. The fourth-order valence-corrected chi connectivity index (χ4v) is 4.27. The summed E-state index contributed by atoms with van der Waals surface area (Å²) in [5.74, 6) is 0.242. The molecule has 0 radical (unpaired) electrons. The van der Waals surface area contributed by atoms with Crippen LogP contribution in [0.5, 0.6) is 0 Å². The summed E-state index contributed by atoms with van der Waals surface area (Å²) >= 11 is 6.94. The van der Waals surface area contributed by atoms with Crippen LogP contribution >= 0.6 is 22.9 Å². The molecule has 1 unspecified atom stereocenters. The molecular formula is C11H13ClN2O2S2. The van der Waals surface area contributed by atoms with Gasteiger partial charge in [0.25, 0.3) is 0 Å². The van der Waals surface area contributed by atoms with Gasteiger partial charge in [-0.2, -0.15) is 0 Å². The van der Waals surface area contributed by atoms with Crippen LogP contribution in [0.1, 0.15) is 6.92 Å². The van der Waals surface area contributed by atoms with E-state index in [9.17, 15) is 8.42 Å². The number of hydrogen-bond donors (Lipinski definition) is 1. The number of sulfonamides is 1. The highest BCUT2D eigenvalue weighted by atomic mass is 35.5. The number of para-hydroxylation sites is 1. The first-order valence-electron chi connectivity index (χ1n) is 5.42. The number of thiazole rings is 1. The van der Waals surface area contributed by atoms with Crippen LogP contribution in [0.25, 0.3) is 10.2 Å². The van der Waals surface area contributed by atoms with Crippen molar-refractivity contribution in [2.24, 2.45) is 5.92 Å². The van der Waals surface area contributed by atoms with Crippen LogP contribution in [0.4, 0.5) is 5.13 Å². The van der Waals surface area contributed by atoms with Gasteiger partial charge in [-0.25, -0.2) is 13.4 Å². The molecule has 1 N–H and O–H groups in total. The number of alkyl halides is 1. The topological polar surface area (TPSA) is 59.1 Å². The zero-order chi connectivity index (χ0) is 13.2. The summed E-state index contributed by atoms with van der Waals surface area (Å²) in [5, 5.41) is 0.401. The Morgan fingerprint density at radius 1 is 1.44 bits per heavy atom. The van der Waals surface area contributed by atoms with Crippen molar-refractivity contribution in [3.63, 3.8) is 0 Å². The molecule has 0 saturated carbocycles. The largest absolute Gasteiger partial charge is 0.259 e. The number of benzene rings is 1. The summed E-state index contributed by atoms with van der Waals surface area (Å²) in [4.78, 5) is 4.23. The van der Waals surface area contributed by atoms with Gasteiger partial charge in [0.15, 0.2) is 5.13 Å². The van der Waals surface area contributed by atoms with E-state index in [2.05, 4.69) is 9.71 Å². The molecule has 1 aromatic carbocycles. The second kappa shape index (κ2) is 5.42. The first-order chi connectivity index (χ1) is 8.50. The zero-order valence-corrected chi connectivity index (χ0v) is 12.1. The highest BCUT2D eigenvalue weighted by molar-refractivity contribution is 7.92. The van der Waals surface area contributed by atoms with E-state index in [4.69, 9.17) is 11.6 Å². The molecular weight excluding hydrogens is 292 g/mol. The van der Waals surface area contributed by atoms with Gasteiger partial charge in [-0.15, -0.1) is 11.6 Å². The fraction of sp³-hybridized carbons (Fsp3) is 0.364. The third-order valence-corrected chi connectivity index (χ3v) is 5.42.